The molecule has 2 aromatic rings. The summed E-state index contributed by atoms with van der Waals surface area (Å²) in [4.78, 5) is 13.5. The molecule has 35 heavy (non-hydrogen) atoms. The Hall–Kier alpha value is -3.00. The molecule has 6 nitrogen and oxygen atoms in total. The average molecular weight is 498 g/mol. The van der Waals surface area contributed by atoms with E-state index in [-0.39, 0.29) is 11.2 Å². The highest BCUT2D eigenvalue weighted by Gasteiger charge is 2.25. The number of allylic oxidation sites excluding steroid dienone is 3. The van der Waals surface area contributed by atoms with Gasteiger partial charge in [0.2, 0.25) is 0 Å². The second kappa shape index (κ2) is 10.7. The summed E-state index contributed by atoms with van der Waals surface area (Å²) in [6, 6.07) is 12.5. The molecule has 0 saturated carbocycles. The quantitative estimate of drug-likeness (QED) is 0.199. The first-order valence-corrected chi connectivity index (χ1v) is 12.8. The summed E-state index contributed by atoms with van der Waals surface area (Å²) in [5.41, 5.74) is 8.41. The monoisotopic (exact) mass is 497 g/mol. The van der Waals surface area contributed by atoms with Gasteiger partial charge in [0, 0.05) is 16.7 Å². The first-order valence-electron chi connectivity index (χ1n) is 11.3. The van der Waals surface area contributed by atoms with Crippen LogP contribution in [0.1, 0.15) is 68.6 Å². The van der Waals surface area contributed by atoms with Crippen molar-refractivity contribution >= 4 is 15.9 Å². The molecule has 0 aliphatic rings. The van der Waals surface area contributed by atoms with Crippen molar-refractivity contribution in [2.24, 2.45) is 5.73 Å². The zero-order chi connectivity index (χ0) is 26.6. The predicted octanol–water partition coefficient (Wildman–Crippen LogP) is 5.69. The number of hydrogen-bond donors (Lipinski definition) is 2. The number of carbonyl (C=O) groups is 1. The molecule has 0 aromatic heterocycles. The number of hydrogen-bond acceptors (Lipinski definition) is 5. The van der Waals surface area contributed by atoms with Crippen LogP contribution in [-0.2, 0) is 21.1 Å². The van der Waals surface area contributed by atoms with Crippen molar-refractivity contribution in [1.29, 1.82) is 0 Å². The topological polar surface area (TPSA) is 107 Å². The molecule has 0 aliphatic heterocycles. The molecule has 0 saturated heterocycles. The normalized spacial score (nSPS) is 14.1. The molecular formula is C28H35NO5S. The molecule has 1 unspecified atom stereocenters. The van der Waals surface area contributed by atoms with E-state index in [1.165, 1.54) is 25.2 Å². The lowest BCUT2D eigenvalue weighted by Crippen LogP contribution is -2.31. The van der Waals surface area contributed by atoms with Crippen LogP contribution in [0, 0.1) is 0 Å². The third kappa shape index (κ3) is 7.75. The summed E-state index contributed by atoms with van der Waals surface area (Å²) in [7, 11) is -4.20. The van der Waals surface area contributed by atoms with Crippen LogP contribution >= 0.6 is 0 Å². The largest absolute Gasteiger partial charge is 0.457 e. The highest BCUT2D eigenvalue weighted by Crippen LogP contribution is 2.30. The SMILES string of the molecule is C=C/C=C(\C=C/C(C)S(=O)(=O)O)Oc1ccc(C(=O)c2cc(C(C)(C)C)ccc2C(C)(C)N)cc1. The average Bonchev–Trinajstić information content (AvgIpc) is 2.75. The third-order valence-electron chi connectivity index (χ3n) is 5.46. The molecule has 0 bridgehead atoms. The van der Waals surface area contributed by atoms with E-state index >= 15 is 0 Å². The van der Waals surface area contributed by atoms with Gasteiger partial charge in [-0.1, -0.05) is 51.6 Å². The molecule has 0 spiro atoms. The van der Waals surface area contributed by atoms with Crippen molar-refractivity contribution in [2.75, 3.05) is 0 Å². The van der Waals surface area contributed by atoms with Crippen LogP contribution in [0.3, 0.4) is 0 Å². The summed E-state index contributed by atoms with van der Waals surface area (Å²) >= 11 is 0. The van der Waals surface area contributed by atoms with Crippen LogP contribution in [0.5, 0.6) is 5.75 Å². The Morgan fingerprint density at radius 1 is 1.09 bits per heavy atom. The van der Waals surface area contributed by atoms with E-state index in [1.807, 2.05) is 32.0 Å². The third-order valence-corrected chi connectivity index (χ3v) is 6.56. The van der Waals surface area contributed by atoms with Gasteiger partial charge in [-0.3, -0.25) is 9.35 Å². The molecule has 0 aliphatic carbocycles. The second-order valence-electron chi connectivity index (χ2n) is 10.1. The van der Waals surface area contributed by atoms with Gasteiger partial charge < -0.3 is 10.5 Å². The highest BCUT2D eigenvalue weighted by molar-refractivity contribution is 7.86. The van der Waals surface area contributed by atoms with Crippen LogP contribution in [-0.4, -0.2) is 24.0 Å². The van der Waals surface area contributed by atoms with Crippen molar-refractivity contribution in [2.45, 2.75) is 57.7 Å². The first-order chi connectivity index (χ1) is 16.0. The van der Waals surface area contributed by atoms with E-state index in [4.69, 9.17) is 15.0 Å². The summed E-state index contributed by atoms with van der Waals surface area (Å²) in [6.07, 6.45) is 5.79. The van der Waals surface area contributed by atoms with Gasteiger partial charge in [0.1, 0.15) is 16.8 Å². The van der Waals surface area contributed by atoms with E-state index in [1.54, 1.807) is 30.3 Å². The van der Waals surface area contributed by atoms with E-state index < -0.39 is 20.9 Å². The minimum atomic E-state index is -4.20. The molecule has 0 amide bonds. The number of rotatable bonds is 9. The van der Waals surface area contributed by atoms with Gasteiger partial charge >= 0.3 is 0 Å². The lowest BCUT2D eigenvalue weighted by molar-refractivity contribution is 0.103. The van der Waals surface area contributed by atoms with Crippen LogP contribution in [0.4, 0.5) is 0 Å². The number of benzene rings is 2. The number of ether oxygens (including phenoxy) is 1. The zero-order valence-electron chi connectivity index (χ0n) is 21.2. The van der Waals surface area contributed by atoms with E-state index in [0.717, 1.165) is 11.1 Å². The van der Waals surface area contributed by atoms with Crippen molar-refractivity contribution < 1.29 is 22.5 Å². The van der Waals surface area contributed by atoms with Gasteiger partial charge in [-0.05, 0) is 79.8 Å². The molecular weight excluding hydrogens is 462 g/mol. The van der Waals surface area contributed by atoms with Gasteiger partial charge in [-0.25, -0.2) is 0 Å². The van der Waals surface area contributed by atoms with Crippen LogP contribution in [0.15, 0.2) is 79.1 Å². The molecule has 3 N–H and O–H groups in total. The molecule has 0 radical (unpaired) electrons. The minimum Gasteiger partial charge on any atom is -0.457 e. The fourth-order valence-electron chi connectivity index (χ4n) is 3.30. The van der Waals surface area contributed by atoms with E-state index in [0.29, 0.717) is 22.6 Å². The number of ketones is 1. The van der Waals surface area contributed by atoms with Crippen LogP contribution < -0.4 is 10.5 Å². The minimum absolute atomic E-state index is 0.127. The standard InChI is InChI=1S/C28H35NO5S/c1-8-9-22(14-10-19(2)35(31,32)33)34-23-15-11-20(12-16-23)26(30)24-18-21(27(3,4)5)13-17-25(24)28(6,7)29/h8-19H,1,29H2,2-7H3,(H,31,32,33)/b14-10-,22-9+. The Labute approximate surface area is 209 Å². The zero-order valence-corrected chi connectivity index (χ0v) is 22.0. The molecule has 0 heterocycles. The lowest BCUT2D eigenvalue weighted by Gasteiger charge is -2.26. The Morgan fingerprint density at radius 3 is 2.17 bits per heavy atom. The van der Waals surface area contributed by atoms with Gasteiger partial charge in [0.05, 0.1) is 0 Å². The molecule has 1 atom stereocenters. The second-order valence-corrected chi connectivity index (χ2v) is 11.8. The Morgan fingerprint density at radius 2 is 1.69 bits per heavy atom. The maximum Gasteiger partial charge on any atom is 0.271 e. The summed E-state index contributed by atoms with van der Waals surface area (Å²) in [5.74, 6) is 0.626. The van der Waals surface area contributed by atoms with Gasteiger partial charge in [-0.15, -0.1) is 0 Å². The summed E-state index contributed by atoms with van der Waals surface area (Å²) in [6.45, 7) is 15.0. The molecule has 188 valence electrons. The lowest BCUT2D eigenvalue weighted by atomic mass is 9.80. The smallest absolute Gasteiger partial charge is 0.271 e. The maximum atomic E-state index is 13.5. The van der Waals surface area contributed by atoms with Crippen molar-refractivity contribution in [3.63, 3.8) is 0 Å². The van der Waals surface area contributed by atoms with Crippen LogP contribution in [0.25, 0.3) is 0 Å². The van der Waals surface area contributed by atoms with Gasteiger partial charge in [-0.2, -0.15) is 8.42 Å². The highest BCUT2D eigenvalue weighted by atomic mass is 32.2. The van der Waals surface area contributed by atoms with Gasteiger partial charge in [0.15, 0.2) is 5.78 Å². The maximum absolute atomic E-state index is 13.5. The Balaban J connectivity index is 2.36. The van der Waals surface area contributed by atoms with E-state index in [9.17, 15) is 13.2 Å². The van der Waals surface area contributed by atoms with Gasteiger partial charge in [0.25, 0.3) is 10.1 Å². The van der Waals surface area contributed by atoms with Crippen molar-refractivity contribution in [3.8, 4) is 5.75 Å². The molecule has 0 fully saturated rings. The molecule has 7 heteroatoms. The summed E-state index contributed by atoms with van der Waals surface area (Å²) in [5, 5.41) is -1.09. The fraction of sp³-hybridized carbons (Fsp3) is 0.321. The fourth-order valence-corrected chi connectivity index (χ4v) is 3.57. The van der Waals surface area contributed by atoms with Crippen molar-refractivity contribution in [3.05, 3.63) is 101 Å². The Kier molecular flexibility index (Phi) is 8.65. The Bertz CT molecular complexity index is 1240. The van der Waals surface area contributed by atoms with Crippen molar-refractivity contribution in [1.82, 2.24) is 0 Å². The first kappa shape index (κ1) is 28.2. The molecule has 2 aromatic carbocycles. The van der Waals surface area contributed by atoms with E-state index in [2.05, 4.69) is 27.4 Å². The number of carbonyl (C=O) groups excluding carboxylic acids is 1. The number of nitrogens with two attached hydrogens (primary N) is 1. The summed E-state index contributed by atoms with van der Waals surface area (Å²) < 4.78 is 37.4. The van der Waals surface area contributed by atoms with Crippen LogP contribution in [0.2, 0.25) is 0 Å². The molecule has 2 rings (SSSR count). The predicted molar refractivity (Wildman–Crippen MR) is 141 cm³/mol.